The van der Waals surface area contributed by atoms with E-state index in [-0.39, 0.29) is 0 Å². The molecule has 0 spiro atoms. The minimum atomic E-state index is 0.329. The fourth-order valence-corrected chi connectivity index (χ4v) is 2.87. The molecule has 0 aliphatic heterocycles. The molecule has 2 atom stereocenters. The molecule has 0 radical (unpaired) electrons. The first-order chi connectivity index (χ1) is 9.54. The van der Waals surface area contributed by atoms with Crippen LogP contribution in [0, 0.1) is 0 Å². The number of rotatable bonds is 5. The van der Waals surface area contributed by atoms with E-state index in [1.807, 2.05) is 18.2 Å². The van der Waals surface area contributed by atoms with Crippen LogP contribution in [-0.2, 0) is 6.42 Å². The fraction of sp³-hybridized carbons (Fsp3) is 0.294. The van der Waals surface area contributed by atoms with Gasteiger partial charge in [-0.3, -0.25) is 0 Å². The van der Waals surface area contributed by atoms with Gasteiger partial charge in [-0.1, -0.05) is 51.8 Å². The van der Waals surface area contributed by atoms with Crippen molar-refractivity contribution in [2.45, 2.75) is 32.4 Å². The quantitative estimate of drug-likeness (QED) is 0.761. The standard InChI is InChI=1S/C17H19BrClN/c1-12(10-14-6-8-17(19)9-7-14)20-13(2)15-4-3-5-16(18)11-15/h3-9,11-13,20H,10H2,1-2H3/t12?,13-/m1/s1. The summed E-state index contributed by atoms with van der Waals surface area (Å²) in [7, 11) is 0. The average molecular weight is 353 g/mol. The van der Waals surface area contributed by atoms with Gasteiger partial charge in [0.1, 0.15) is 0 Å². The molecule has 0 aliphatic rings. The molecule has 1 N–H and O–H groups in total. The van der Waals surface area contributed by atoms with E-state index in [2.05, 4.69) is 65.4 Å². The molecule has 0 amide bonds. The minimum Gasteiger partial charge on any atom is -0.307 e. The Morgan fingerprint density at radius 3 is 2.45 bits per heavy atom. The lowest BCUT2D eigenvalue weighted by Gasteiger charge is -2.20. The Morgan fingerprint density at radius 1 is 1.10 bits per heavy atom. The van der Waals surface area contributed by atoms with E-state index in [0.29, 0.717) is 12.1 Å². The third-order valence-corrected chi connectivity index (χ3v) is 4.08. The molecule has 3 heteroatoms. The monoisotopic (exact) mass is 351 g/mol. The molecule has 2 aromatic rings. The molecule has 0 heterocycles. The van der Waals surface area contributed by atoms with Crippen molar-refractivity contribution in [3.63, 3.8) is 0 Å². The molecule has 20 heavy (non-hydrogen) atoms. The molecule has 0 bridgehead atoms. The summed E-state index contributed by atoms with van der Waals surface area (Å²) in [6.45, 7) is 4.41. The average Bonchev–Trinajstić information content (AvgIpc) is 2.41. The lowest BCUT2D eigenvalue weighted by Crippen LogP contribution is -2.30. The van der Waals surface area contributed by atoms with E-state index in [9.17, 15) is 0 Å². The van der Waals surface area contributed by atoms with Crippen LogP contribution in [0.4, 0.5) is 0 Å². The predicted octanol–water partition coefficient (Wildman–Crippen LogP) is 5.38. The smallest absolute Gasteiger partial charge is 0.0406 e. The van der Waals surface area contributed by atoms with Gasteiger partial charge in [0.2, 0.25) is 0 Å². The second kappa shape index (κ2) is 7.26. The van der Waals surface area contributed by atoms with Gasteiger partial charge in [0.15, 0.2) is 0 Å². The van der Waals surface area contributed by atoms with Gasteiger partial charge in [-0.2, -0.15) is 0 Å². The summed E-state index contributed by atoms with van der Waals surface area (Å²) in [5, 5.41) is 4.42. The maximum atomic E-state index is 5.91. The van der Waals surface area contributed by atoms with Crippen molar-refractivity contribution in [2.75, 3.05) is 0 Å². The number of hydrogen-bond donors (Lipinski definition) is 1. The zero-order valence-electron chi connectivity index (χ0n) is 11.7. The highest BCUT2D eigenvalue weighted by molar-refractivity contribution is 9.10. The Labute approximate surface area is 134 Å². The van der Waals surface area contributed by atoms with Crippen LogP contribution in [0.5, 0.6) is 0 Å². The van der Waals surface area contributed by atoms with Gasteiger partial charge in [0.25, 0.3) is 0 Å². The normalized spacial score (nSPS) is 14.0. The van der Waals surface area contributed by atoms with Gasteiger partial charge in [0, 0.05) is 21.6 Å². The summed E-state index contributed by atoms with van der Waals surface area (Å²) in [4.78, 5) is 0. The summed E-state index contributed by atoms with van der Waals surface area (Å²) in [5.74, 6) is 0. The molecule has 2 aromatic carbocycles. The van der Waals surface area contributed by atoms with Crippen LogP contribution in [0.15, 0.2) is 53.0 Å². The van der Waals surface area contributed by atoms with Crippen LogP contribution < -0.4 is 5.32 Å². The maximum absolute atomic E-state index is 5.91. The Hall–Kier alpha value is -0.830. The third kappa shape index (κ3) is 4.62. The van der Waals surface area contributed by atoms with E-state index in [1.54, 1.807) is 0 Å². The van der Waals surface area contributed by atoms with Crippen LogP contribution in [-0.4, -0.2) is 6.04 Å². The minimum absolute atomic E-state index is 0.329. The van der Waals surface area contributed by atoms with E-state index in [0.717, 1.165) is 15.9 Å². The molecular weight excluding hydrogens is 334 g/mol. The van der Waals surface area contributed by atoms with Gasteiger partial charge in [0.05, 0.1) is 0 Å². The molecule has 106 valence electrons. The summed E-state index contributed by atoms with van der Waals surface area (Å²) >= 11 is 9.42. The Balaban J connectivity index is 1.93. The van der Waals surface area contributed by atoms with E-state index in [1.165, 1.54) is 11.1 Å². The molecule has 0 aromatic heterocycles. The highest BCUT2D eigenvalue weighted by atomic mass is 79.9. The lowest BCUT2D eigenvalue weighted by atomic mass is 10.0. The lowest BCUT2D eigenvalue weighted by molar-refractivity contribution is 0.477. The summed E-state index contributed by atoms with van der Waals surface area (Å²) in [5.41, 5.74) is 2.60. The maximum Gasteiger partial charge on any atom is 0.0406 e. The Bertz CT molecular complexity index is 553. The molecule has 0 aliphatic carbocycles. The molecule has 1 unspecified atom stereocenters. The van der Waals surface area contributed by atoms with Crippen molar-refractivity contribution in [3.8, 4) is 0 Å². The number of hydrogen-bond acceptors (Lipinski definition) is 1. The van der Waals surface area contributed by atoms with Crippen molar-refractivity contribution in [1.29, 1.82) is 0 Å². The van der Waals surface area contributed by atoms with E-state index >= 15 is 0 Å². The Kier molecular flexibility index (Phi) is 5.64. The SMILES string of the molecule is CC(Cc1ccc(Cl)cc1)N[C@H](C)c1cccc(Br)c1. The summed E-state index contributed by atoms with van der Waals surface area (Å²) in [6, 6.07) is 17.2. The largest absolute Gasteiger partial charge is 0.307 e. The molecular formula is C17H19BrClN. The molecule has 2 rings (SSSR count). The van der Waals surface area contributed by atoms with Crippen LogP contribution in [0.25, 0.3) is 0 Å². The van der Waals surface area contributed by atoms with Crippen LogP contribution in [0.3, 0.4) is 0 Å². The van der Waals surface area contributed by atoms with Crippen LogP contribution in [0.2, 0.25) is 5.02 Å². The first kappa shape index (κ1) is 15.6. The van der Waals surface area contributed by atoms with Crippen molar-refractivity contribution in [1.82, 2.24) is 5.32 Å². The van der Waals surface area contributed by atoms with Gasteiger partial charge in [-0.05, 0) is 55.7 Å². The van der Waals surface area contributed by atoms with Crippen molar-refractivity contribution in [3.05, 3.63) is 69.2 Å². The molecule has 0 fully saturated rings. The summed E-state index contributed by atoms with van der Waals surface area (Å²) < 4.78 is 1.12. The van der Waals surface area contributed by atoms with Gasteiger partial charge >= 0.3 is 0 Å². The van der Waals surface area contributed by atoms with E-state index < -0.39 is 0 Å². The Morgan fingerprint density at radius 2 is 1.80 bits per heavy atom. The zero-order chi connectivity index (χ0) is 14.5. The van der Waals surface area contributed by atoms with Gasteiger partial charge in [-0.25, -0.2) is 0 Å². The predicted molar refractivity (Wildman–Crippen MR) is 90.3 cm³/mol. The number of halogens is 2. The van der Waals surface area contributed by atoms with Gasteiger partial charge in [-0.15, -0.1) is 0 Å². The first-order valence-corrected chi connectivity index (χ1v) is 7.97. The zero-order valence-corrected chi connectivity index (χ0v) is 14.1. The third-order valence-electron chi connectivity index (χ3n) is 3.34. The highest BCUT2D eigenvalue weighted by Crippen LogP contribution is 2.19. The molecule has 0 saturated heterocycles. The van der Waals surface area contributed by atoms with Crippen molar-refractivity contribution < 1.29 is 0 Å². The van der Waals surface area contributed by atoms with E-state index in [4.69, 9.17) is 11.6 Å². The first-order valence-electron chi connectivity index (χ1n) is 6.80. The number of nitrogens with one attached hydrogen (secondary N) is 1. The summed E-state index contributed by atoms with van der Waals surface area (Å²) in [6.07, 6.45) is 0.996. The van der Waals surface area contributed by atoms with Gasteiger partial charge < -0.3 is 5.32 Å². The second-order valence-corrected chi connectivity index (χ2v) is 6.53. The van der Waals surface area contributed by atoms with Crippen LogP contribution >= 0.6 is 27.5 Å². The van der Waals surface area contributed by atoms with Crippen LogP contribution in [0.1, 0.15) is 31.0 Å². The van der Waals surface area contributed by atoms with Crippen molar-refractivity contribution >= 4 is 27.5 Å². The topological polar surface area (TPSA) is 12.0 Å². The second-order valence-electron chi connectivity index (χ2n) is 5.17. The fourth-order valence-electron chi connectivity index (χ4n) is 2.33. The number of benzene rings is 2. The molecule has 0 saturated carbocycles. The van der Waals surface area contributed by atoms with Crippen molar-refractivity contribution in [2.24, 2.45) is 0 Å². The molecule has 1 nitrogen and oxygen atoms in total. The highest BCUT2D eigenvalue weighted by Gasteiger charge is 2.10.